The van der Waals surface area contributed by atoms with Crippen molar-refractivity contribution in [3.05, 3.63) is 58.4 Å². The van der Waals surface area contributed by atoms with Gasteiger partial charge in [-0.2, -0.15) is 0 Å². The SMILES string of the molecule is Cc1ccc(NC(=O)c2ccc3c(c2)CNC3)c(C)n1.Cl.Cl. The smallest absolute Gasteiger partial charge is 0.255 e. The van der Waals surface area contributed by atoms with Crippen molar-refractivity contribution in [2.24, 2.45) is 0 Å². The van der Waals surface area contributed by atoms with E-state index < -0.39 is 0 Å². The number of nitrogens with one attached hydrogen (secondary N) is 2. The standard InChI is InChI=1S/C16H17N3O.2ClH/c1-10-3-6-15(11(2)18-10)19-16(20)12-4-5-13-8-17-9-14(13)7-12;;/h3-7,17H,8-9H2,1-2H3,(H,19,20);2*1H. The van der Waals surface area contributed by atoms with E-state index in [0.29, 0.717) is 5.56 Å². The average Bonchev–Trinajstić information content (AvgIpc) is 2.89. The van der Waals surface area contributed by atoms with Crippen molar-refractivity contribution in [1.29, 1.82) is 0 Å². The van der Waals surface area contributed by atoms with E-state index in [2.05, 4.69) is 15.6 Å². The van der Waals surface area contributed by atoms with Crippen LogP contribution in [0.25, 0.3) is 0 Å². The summed E-state index contributed by atoms with van der Waals surface area (Å²) in [5.74, 6) is -0.0894. The molecular formula is C16H19Cl2N3O. The van der Waals surface area contributed by atoms with Crippen molar-refractivity contribution in [2.75, 3.05) is 5.32 Å². The molecular weight excluding hydrogens is 321 g/mol. The van der Waals surface area contributed by atoms with Crippen molar-refractivity contribution < 1.29 is 4.79 Å². The van der Waals surface area contributed by atoms with E-state index in [1.807, 2.05) is 44.2 Å². The number of pyridine rings is 1. The van der Waals surface area contributed by atoms with E-state index in [0.717, 1.165) is 30.2 Å². The van der Waals surface area contributed by atoms with Gasteiger partial charge in [-0.25, -0.2) is 0 Å². The van der Waals surface area contributed by atoms with Crippen LogP contribution in [0.3, 0.4) is 0 Å². The second-order valence-electron chi connectivity index (χ2n) is 5.13. The van der Waals surface area contributed by atoms with Crippen molar-refractivity contribution in [3.8, 4) is 0 Å². The Labute approximate surface area is 142 Å². The second kappa shape index (κ2) is 7.58. The first-order chi connectivity index (χ1) is 9.63. The number of halogens is 2. The molecule has 0 saturated carbocycles. The predicted octanol–water partition coefficient (Wildman–Crippen LogP) is 3.40. The molecule has 3 rings (SSSR count). The molecule has 4 nitrogen and oxygen atoms in total. The highest BCUT2D eigenvalue weighted by Crippen LogP contribution is 2.19. The van der Waals surface area contributed by atoms with Gasteiger partial charge in [0.05, 0.1) is 11.4 Å². The third-order valence-electron chi connectivity index (χ3n) is 3.57. The molecule has 0 spiro atoms. The summed E-state index contributed by atoms with van der Waals surface area (Å²) in [6, 6.07) is 9.64. The van der Waals surface area contributed by atoms with Gasteiger partial charge in [-0.05, 0) is 49.2 Å². The Morgan fingerprint density at radius 1 is 1.09 bits per heavy atom. The van der Waals surface area contributed by atoms with Crippen LogP contribution in [0.4, 0.5) is 5.69 Å². The Balaban J connectivity index is 0.00000121. The van der Waals surface area contributed by atoms with Gasteiger partial charge < -0.3 is 10.6 Å². The largest absolute Gasteiger partial charge is 0.320 e. The van der Waals surface area contributed by atoms with Crippen LogP contribution in [0.5, 0.6) is 0 Å². The molecule has 1 aromatic carbocycles. The maximum Gasteiger partial charge on any atom is 0.255 e. The van der Waals surface area contributed by atoms with Crippen molar-refractivity contribution in [3.63, 3.8) is 0 Å². The monoisotopic (exact) mass is 339 g/mol. The Morgan fingerprint density at radius 2 is 1.82 bits per heavy atom. The number of anilines is 1. The molecule has 0 atom stereocenters. The molecule has 118 valence electrons. The van der Waals surface area contributed by atoms with Crippen molar-refractivity contribution in [2.45, 2.75) is 26.9 Å². The Morgan fingerprint density at radius 3 is 2.55 bits per heavy atom. The second-order valence-corrected chi connectivity index (χ2v) is 5.13. The number of benzene rings is 1. The van der Waals surface area contributed by atoms with E-state index in [-0.39, 0.29) is 30.7 Å². The van der Waals surface area contributed by atoms with Gasteiger partial charge in [0.25, 0.3) is 5.91 Å². The van der Waals surface area contributed by atoms with Crippen molar-refractivity contribution >= 4 is 36.4 Å². The highest BCUT2D eigenvalue weighted by molar-refractivity contribution is 6.04. The molecule has 2 heterocycles. The lowest BCUT2D eigenvalue weighted by molar-refractivity contribution is 0.102. The van der Waals surface area contributed by atoms with Crippen LogP contribution in [-0.2, 0) is 13.1 Å². The van der Waals surface area contributed by atoms with Gasteiger partial charge in [-0.15, -0.1) is 24.8 Å². The first-order valence-electron chi connectivity index (χ1n) is 6.71. The zero-order valence-corrected chi connectivity index (χ0v) is 14.1. The summed E-state index contributed by atoms with van der Waals surface area (Å²) in [7, 11) is 0. The number of nitrogens with zero attached hydrogens (tertiary/aromatic N) is 1. The van der Waals surface area contributed by atoms with E-state index in [4.69, 9.17) is 0 Å². The molecule has 1 aliphatic heterocycles. The summed E-state index contributed by atoms with van der Waals surface area (Å²) in [5, 5.41) is 6.20. The molecule has 22 heavy (non-hydrogen) atoms. The number of hydrogen-bond acceptors (Lipinski definition) is 3. The third kappa shape index (κ3) is 3.77. The molecule has 1 amide bonds. The summed E-state index contributed by atoms with van der Waals surface area (Å²) in [5.41, 5.74) is 5.71. The zero-order valence-electron chi connectivity index (χ0n) is 12.5. The van der Waals surface area contributed by atoms with Gasteiger partial charge >= 0.3 is 0 Å². The molecule has 2 aromatic rings. The number of amides is 1. The first-order valence-corrected chi connectivity index (χ1v) is 6.71. The first kappa shape index (κ1) is 18.4. The Bertz CT molecular complexity index is 689. The van der Waals surface area contributed by atoms with Crippen LogP contribution >= 0.6 is 24.8 Å². The number of carbonyl (C=O) groups is 1. The van der Waals surface area contributed by atoms with Crippen LogP contribution in [0.15, 0.2) is 30.3 Å². The molecule has 0 saturated heterocycles. The molecule has 1 aliphatic rings. The van der Waals surface area contributed by atoms with Crippen LogP contribution in [0.1, 0.15) is 32.9 Å². The van der Waals surface area contributed by atoms with E-state index in [9.17, 15) is 4.79 Å². The minimum Gasteiger partial charge on any atom is -0.320 e. The fourth-order valence-corrected chi connectivity index (χ4v) is 2.45. The lowest BCUT2D eigenvalue weighted by Gasteiger charge is -2.09. The number of hydrogen-bond donors (Lipinski definition) is 2. The van der Waals surface area contributed by atoms with E-state index >= 15 is 0 Å². The van der Waals surface area contributed by atoms with Gasteiger partial charge in [0.15, 0.2) is 0 Å². The van der Waals surface area contributed by atoms with Crippen molar-refractivity contribution in [1.82, 2.24) is 10.3 Å². The minimum atomic E-state index is -0.0894. The number of rotatable bonds is 2. The lowest BCUT2D eigenvalue weighted by Crippen LogP contribution is -2.13. The number of aromatic nitrogens is 1. The lowest BCUT2D eigenvalue weighted by atomic mass is 10.1. The molecule has 6 heteroatoms. The number of aryl methyl sites for hydroxylation is 2. The van der Waals surface area contributed by atoms with Crippen LogP contribution < -0.4 is 10.6 Å². The summed E-state index contributed by atoms with van der Waals surface area (Å²) in [4.78, 5) is 16.6. The Hall–Kier alpha value is -1.62. The molecule has 0 aliphatic carbocycles. The van der Waals surface area contributed by atoms with Gasteiger partial charge in [0, 0.05) is 24.3 Å². The van der Waals surface area contributed by atoms with Gasteiger partial charge in [-0.1, -0.05) is 6.07 Å². The maximum atomic E-state index is 12.3. The van der Waals surface area contributed by atoms with Gasteiger partial charge in [0.2, 0.25) is 0 Å². The molecule has 2 N–H and O–H groups in total. The summed E-state index contributed by atoms with van der Waals surface area (Å²) in [6.45, 7) is 5.56. The van der Waals surface area contributed by atoms with Crippen LogP contribution in [-0.4, -0.2) is 10.9 Å². The number of carbonyl (C=O) groups excluding carboxylic acids is 1. The normalized spacial score (nSPS) is 11.9. The quantitative estimate of drug-likeness (QED) is 0.881. The van der Waals surface area contributed by atoms with Gasteiger partial charge in [0.1, 0.15) is 0 Å². The van der Waals surface area contributed by atoms with Gasteiger partial charge in [-0.3, -0.25) is 9.78 Å². The molecule has 0 radical (unpaired) electrons. The molecule has 0 unspecified atom stereocenters. The van der Waals surface area contributed by atoms with Crippen LogP contribution in [0, 0.1) is 13.8 Å². The molecule has 1 aromatic heterocycles. The maximum absolute atomic E-state index is 12.3. The zero-order chi connectivity index (χ0) is 14.1. The van der Waals surface area contributed by atoms with E-state index in [1.54, 1.807) is 0 Å². The summed E-state index contributed by atoms with van der Waals surface area (Å²) >= 11 is 0. The fourth-order valence-electron chi connectivity index (χ4n) is 2.45. The third-order valence-corrected chi connectivity index (χ3v) is 3.57. The van der Waals surface area contributed by atoms with Crippen LogP contribution in [0.2, 0.25) is 0 Å². The predicted molar refractivity (Wildman–Crippen MR) is 93.1 cm³/mol. The highest BCUT2D eigenvalue weighted by atomic mass is 35.5. The number of fused-ring (bicyclic) bond motifs is 1. The molecule has 0 bridgehead atoms. The topological polar surface area (TPSA) is 54.0 Å². The fraction of sp³-hybridized carbons (Fsp3) is 0.250. The summed E-state index contributed by atoms with van der Waals surface area (Å²) in [6.07, 6.45) is 0. The average molecular weight is 340 g/mol. The highest BCUT2D eigenvalue weighted by Gasteiger charge is 2.14. The minimum absolute atomic E-state index is 0. The van der Waals surface area contributed by atoms with E-state index in [1.165, 1.54) is 11.1 Å². The molecule has 0 fully saturated rings. The summed E-state index contributed by atoms with van der Waals surface area (Å²) < 4.78 is 0. The Kier molecular flexibility index (Phi) is 6.35.